The summed E-state index contributed by atoms with van der Waals surface area (Å²) in [4.78, 5) is 13.0. The minimum absolute atomic E-state index is 0.162. The summed E-state index contributed by atoms with van der Waals surface area (Å²) in [7, 11) is 3.61. The van der Waals surface area contributed by atoms with Crippen LogP contribution in [0.25, 0.3) is 0 Å². The zero-order chi connectivity index (χ0) is 12.1. The first kappa shape index (κ1) is 11.8. The van der Waals surface area contributed by atoms with Gasteiger partial charge in [-0.2, -0.15) is 10.2 Å². The summed E-state index contributed by atoms with van der Waals surface area (Å²) in [5, 5.41) is 9.82. The third-order valence-corrected chi connectivity index (χ3v) is 1.79. The second-order valence-corrected chi connectivity index (χ2v) is 3.20. The van der Waals surface area contributed by atoms with Crippen LogP contribution in [0.5, 0.6) is 5.75 Å². The molecule has 0 saturated heterocycles. The van der Waals surface area contributed by atoms with Gasteiger partial charge in [-0.15, -0.1) is 0 Å². The second-order valence-electron chi connectivity index (χ2n) is 3.20. The van der Waals surface area contributed by atoms with Crippen molar-refractivity contribution in [3.05, 3.63) is 6.20 Å². The molecule has 88 valence electrons. The predicted molar refractivity (Wildman–Crippen MR) is 59.0 cm³/mol. The molecule has 1 rings (SSSR count). The SMILES string of the molecule is CC(=NNC(=O)Oc1cn[nH]c1N)N(C)C. The number of carbonyl (C=O) groups excluding carboxylic acids is 1. The topological polar surface area (TPSA) is 109 Å². The molecule has 0 fully saturated rings. The highest BCUT2D eigenvalue weighted by Gasteiger charge is 2.08. The van der Waals surface area contributed by atoms with Crippen LogP contribution in [-0.2, 0) is 0 Å². The lowest BCUT2D eigenvalue weighted by molar-refractivity contribution is 0.201. The molecule has 0 atom stereocenters. The minimum Gasteiger partial charge on any atom is -0.403 e. The van der Waals surface area contributed by atoms with E-state index in [0.717, 1.165) is 0 Å². The lowest BCUT2D eigenvalue weighted by Gasteiger charge is -2.10. The number of H-pyrrole nitrogens is 1. The van der Waals surface area contributed by atoms with Gasteiger partial charge in [-0.05, 0) is 6.92 Å². The summed E-state index contributed by atoms with van der Waals surface area (Å²) in [6, 6.07) is 0. The Bertz CT molecular complexity index is 397. The first-order valence-electron chi connectivity index (χ1n) is 4.49. The molecule has 8 nitrogen and oxygen atoms in total. The number of hydrogen-bond acceptors (Lipinski definition) is 5. The number of rotatable bonds is 2. The molecule has 4 N–H and O–H groups in total. The van der Waals surface area contributed by atoms with Gasteiger partial charge in [-0.1, -0.05) is 0 Å². The first-order chi connectivity index (χ1) is 7.50. The molecule has 1 heterocycles. The van der Waals surface area contributed by atoms with E-state index in [-0.39, 0.29) is 11.6 Å². The van der Waals surface area contributed by atoms with Crippen molar-refractivity contribution in [1.82, 2.24) is 20.5 Å². The number of aromatic amines is 1. The molecule has 1 aromatic heterocycles. The number of hydrogen-bond donors (Lipinski definition) is 3. The Hall–Kier alpha value is -2.25. The minimum atomic E-state index is -0.727. The molecule has 0 radical (unpaired) electrons. The largest absolute Gasteiger partial charge is 0.433 e. The van der Waals surface area contributed by atoms with E-state index in [1.165, 1.54) is 6.20 Å². The molecule has 8 heteroatoms. The van der Waals surface area contributed by atoms with Crippen LogP contribution >= 0.6 is 0 Å². The molecular weight excluding hydrogens is 212 g/mol. The Morgan fingerprint density at radius 3 is 2.88 bits per heavy atom. The average Bonchev–Trinajstić information content (AvgIpc) is 2.60. The number of anilines is 1. The number of nitrogens with zero attached hydrogens (tertiary/aromatic N) is 3. The third-order valence-electron chi connectivity index (χ3n) is 1.79. The zero-order valence-corrected chi connectivity index (χ0v) is 9.31. The van der Waals surface area contributed by atoms with Crippen molar-refractivity contribution in [2.75, 3.05) is 19.8 Å². The van der Waals surface area contributed by atoms with Crippen molar-refractivity contribution in [1.29, 1.82) is 0 Å². The standard InChI is InChI=1S/C8H14N6O2/c1-5(14(2)3)11-13-8(15)16-6-4-10-12-7(6)9/h4H,1-3H3,(H,13,15)(H3,9,10,12). The van der Waals surface area contributed by atoms with E-state index in [0.29, 0.717) is 5.84 Å². The average molecular weight is 226 g/mol. The molecule has 0 bridgehead atoms. The second kappa shape index (κ2) is 5.01. The molecule has 0 aliphatic rings. The van der Waals surface area contributed by atoms with E-state index in [4.69, 9.17) is 10.5 Å². The van der Waals surface area contributed by atoms with Crippen molar-refractivity contribution in [2.24, 2.45) is 5.10 Å². The van der Waals surface area contributed by atoms with Gasteiger partial charge in [0.05, 0.1) is 6.20 Å². The molecule has 0 saturated carbocycles. The highest BCUT2D eigenvalue weighted by molar-refractivity contribution is 5.81. The molecule has 0 unspecified atom stereocenters. The Labute approximate surface area is 92.4 Å². The van der Waals surface area contributed by atoms with E-state index in [9.17, 15) is 4.79 Å². The summed E-state index contributed by atoms with van der Waals surface area (Å²) in [6.45, 7) is 1.74. The van der Waals surface area contributed by atoms with Crippen LogP contribution in [0.3, 0.4) is 0 Å². The lowest BCUT2D eigenvalue weighted by Crippen LogP contribution is -2.27. The quantitative estimate of drug-likeness (QED) is 0.373. The van der Waals surface area contributed by atoms with E-state index in [2.05, 4.69) is 20.7 Å². The van der Waals surface area contributed by atoms with Crippen LogP contribution in [0, 0.1) is 0 Å². The predicted octanol–water partition coefficient (Wildman–Crippen LogP) is -0.0247. The van der Waals surface area contributed by atoms with E-state index in [1.807, 2.05) is 0 Å². The molecule has 16 heavy (non-hydrogen) atoms. The van der Waals surface area contributed by atoms with Crippen molar-refractivity contribution in [3.63, 3.8) is 0 Å². The fourth-order valence-electron chi connectivity index (χ4n) is 0.716. The van der Waals surface area contributed by atoms with Gasteiger partial charge in [-0.3, -0.25) is 5.10 Å². The molecular formula is C8H14N6O2. The number of nitrogens with two attached hydrogens (primary N) is 1. The van der Waals surface area contributed by atoms with Crippen molar-refractivity contribution in [3.8, 4) is 5.75 Å². The van der Waals surface area contributed by atoms with Gasteiger partial charge >= 0.3 is 6.09 Å². The number of nitrogen functional groups attached to an aromatic ring is 1. The summed E-state index contributed by atoms with van der Waals surface area (Å²) in [5.74, 6) is 0.982. The van der Waals surface area contributed by atoms with Crippen LogP contribution in [0.4, 0.5) is 10.6 Å². The van der Waals surface area contributed by atoms with Gasteiger partial charge in [0.1, 0.15) is 5.84 Å². The Morgan fingerprint density at radius 1 is 1.69 bits per heavy atom. The monoisotopic (exact) mass is 226 g/mol. The molecule has 1 aromatic rings. The molecule has 1 amide bonds. The number of amides is 1. The maximum absolute atomic E-state index is 11.2. The van der Waals surface area contributed by atoms with Crippen molar-refractivity contribution < 1.29 is 9.53 Å². The van der Waals surface area contributed by atoms with Crippen molar-refractivity contribution in [2.45, 2.75) is 6.92 Å². The molecule has 0 spiro atoms. The number of ether oxygens (including phenoxy) is 1. The van der Waals surface area contributed by atoms with Gasteiger partial charge in [0, 0.05) is 14.1 Å². The highest BCUT2D eigenvalue weighted by Crippen LogP contribution is 2.15. The highest BCUT2D eigenvalue weighted by atomic mass is 16.6. The third kappa shape index (κ3) is 3.15. The summed E-state index contributed by atoms with van der Waals surface area (Å²) >= 11 is 0. The Kier molecular flexibility index (Phi) is 3.70. The van der Waals surface area contributed by atoms with Gasteiger partial charge < -0.3 is 15.4 Å². The van der Waals surface area contributed by atoms with Gasteiger partial charge in [0.2, 0.25) is 0 Å². The van der Waals surface area contributed by atoms with Gasteiger partial charge in [0.15, 0.2) is 11.6 Å². The summed E-state index contributed by atoms with van der Waals surface area (Å²) in [6.07, 6.45) is 0.576. The summed E-state index contributed by atoms with van der Waals surface area (Å²) in [5.41, 5.74) is 7.64. The number of nitrogens with one attached hydrogen (secondary N) is 2. The molecule has 0 aliphatic heterocycles. The van der Waals surface area contributed by atoms with E-state index < -0.39 is 6.09 Å². The van der Waals surface area contributed by atoms with Crippen LogP contribution in [0.15, 0.2) is 11.3 Å². The van der Waals surface area contributed by atoms with Crippen molar-refractivity contribution >= 4 is 17.7 Å². The van der Waals surface area contributed by atoms with Gasteiger partial charge in [0.25, 0.3) is 0 Å². The van der Waals surface area contributed by atoms with Crippen LogP contribution in [0.1, 0.15) is 6.92 Å². The van der Waals surface area contributed by atoms with Crippen LogP contribution < -0.4 is 15.9 Å². The van der Waals surface area contributed by atoms with E-state index >= 15 is 0 Å². The van der Waals surface area contributed by atoms with E-state index in [1.54, 1.807) is 25.9 Å². The number of carbonyl (C=O) groups is 1. The maximum Gasteiger partial charge on any atom is 0.433 e. The maximum atomic E-state index is 11.2. The van der Waals surface area contributed by atoms with Gasteiger partial charge in [-0.25, -0.2) is 10.2 Å². The summed E-state index contributed by atoms with van der Waals surface area (Å²) < 4.78 is 4.82. The van der Waals surface area contributed by atoms with Crippen LogP contribution in [0.2, 0.25) is 0 Å². The normalized spacial score (nSPS) is 11.1. The van der Waals surface area contributed by atoms with Crippen LogP contribution in [-0.4, -0.2) is 41.1 Å². The molecule has 0 aromatic carbocycles. The number of aromatic nitrogens is 2. The Morgan fingerprint density at radius 2 is 2.38 bits per heavy atom. The number of hydrazone groups is 1. The fraction of sp³-hybridized carbons (Fsp3) is 0.375. The first-order valence-corrected chi connectivity index (χ1v) is 4.49. The smallest absolute Gasteiger partial charge is 0.403 e. The fourth-order valence-corrected chi connectivity index (χ4v) is 0.716. The Balaban J connectivity index is 2.49. The zero-order valence-electron chi connectivity index (χ0n) is 9.31. The lowest BCUT2D eigenvalue weighted by atomic mass is 10.6. The molecule has 0 aliphatic carbocycles. The number of amidine groups is 1.